The van der Waals surface area contributed by atoms with E-state index in [4.69, 9.17) is 16.0 Å². The summed E-state index contributed by atoms with van der Waals surface area (Å²) >= 11 is 9.12. The molecule has 0 saturated carbocycles. The summed E-state index contributed by atoms with van der Waals surface area (Å²) < 4.78 is 6.74. The molecule has 0 amide bonds. The second-order valence-corrected chi connectivity index (χ2v) is 5.22. The predicted molar refractivity (Wildman–Crippen MR) is 73.4 cm³/mol. The standard InChI is InChI=1S/C13H13BrClNO/c1-9-5-10(7-11(14)6-9)12-8-16-13(17-12)3-2-4-15/h5-8H,2-4H2,1H3. The maximum atomic E-state index is 5.69. The molecule has 0 aliphatic rings. The van der Waals surface area contributed by atoms with Gasteiger partial charge in [-0.3, -0.25) is 0 Å². The highest BCUT2D eigenvalue weighted by Gasteiger charge is 2.07. The van der Waals surface area contributed by atoms with Gasteiger partial charge >= 0.3 is 0 Å². The summed E-state index contributed by atoms with van der Waals surface area (Å²) in [4.78, 5) is 4.25. The average Bonchev–Trinajstić information content (AvgIpc) is 2.73. The first-order valence-electron chi connectivity index (χ1n) is 5.47. The van der Waals surface area contributed by atoms with Crippen LogP contribution >= 0.6 is 27.5 Å². The van der Waals surface area contributed by atoms with Crippen LogP contribution in [0.2, 0.25) is 0 Å². The topological polar surface area (TPSA) is 26.0 Å². The first-order chi connectivity index (χ1) is 8.19. The van der Waals surface area contributed by atoms with E-state index in [-0.39, 0.29) is 0 Å². The molecule has 0 fully saturated rings. The number of rotatable bonds is 4. The summed E-state index contributed by atoms with van der Waals surface area (Å²) in [5.74, 6) is 2.19. The van der Waals surface area contributed by atoms with Crippen LogP contribution in [0.5, 0.6) is 0 Å². The summed E-state index contributed by atoms with van der Waals surface area (Å²) in [6, 6.07) is 6.17. The molecule has 0 bridgehead atoms. The quantitative estimate of drug-likeness (QED) is 0.772. The minimum absolute atomic E-state index is 0.633. The van der Waals surface area contributed by atoms with Gasteiger partial charge in [-0.2, -0.15) is 0 Å². The van der Waals surface area contributed by atoms with Crippen molar-refractivity contribution in [3.63, 3.8) is 0 Å². The van der Waals surface area contributed by atoms with Gasteiger partial charge in [-0.1, -0.05) is 15.9 Å². The van der Waals surface area contributed by atoms with E-state index >= 15 is 0 Å². The van der Waals surface area contributed by atoms with Crippen LogP contribution in [-0.4, -0.2) is 10.9 Å². The van der Waals surface area contributed by atoms with E-state index in [0.717, 1.165) is 34.5 Å². The van der Waals surface area contributed by atoms with Gasteiger partial charge in [-0.15, -0.1) is 11.6 Å². The van der Waals surface area contributed by atoms with Crippen molar-refractivity contribution in [2.24, 2.45) is 0 Å². The van der Waals surface area contributed by atoms with Crippen LogP contribution in [0.15, 0.2) is 33.3 Å². The minimum Gasteiger partial charge on any atom is -0.441 e. The molecule has 0 N–H and O–H groups in total. The second-order valence-electron chi connectivity index (χ2n) is 3.93. The van der Waals surface area contributed by atoms with Crippen molar-refractivity contribution >= 4 is 27.5 Å². The van der Waals surface area contributed by atoms with E-state index in [1.165, 1.54) is 5.56 Å². The Morgan fingerprint density at radius 2 is 2.18 bits per heavy atom. The van der Waals surface area contributed by atoms with Gasteiger partial charge in [0.1, 0.15) is 0 Å². The molecule has 0 aliphatic carbocycles. The van der Waals surface area contributed by atoms with Crippen LogP contribution in [-0.2, 0) is 6.42 Å². The summed E-state index contributed by atoms with van der Waals surface area (Å²) in [5, 5.41) is 0. The average molecular weight is 315 g/mol. The maximum absolute atomic E-state index is 5.69. The lowest BCUT2D eigenvalue weighted by Crippen LogP contribution is -1.84. The number of hydrogen-bond donors (Lipinski definition) is 0. The zero-order chi connectivity index (χ0) is 12.3. The van der Waals surface area contributed by atoms with E-state index in [1.807, 2.05) is 6.07 Å². The van der Waals surface area contributed by atoms with Gasteiger partial charge in [0.15, 0.2) is 11.7 Å². The van der Waals surface area contributed by atoms with Gasteiger partial charge < -0.3 is 4.42 Å². The predicted octanol–water partition coefficient (Wildman–Crippen LogP) is 4.58. The Balaban J connectivity index is 2.24. The molecular formula is C13H13BrClNO. The number of aromatic nitrogens is 1. The molecule has 1 aromatic carbocycles. The third-order valence-electron chi connectivity index (χ3n) is 2.40. The fourth-order valence-electron chi connectivity index (χ4n) is 1.66. The Bertz CT molecular complexity index is 490. The van der Waals surface area contributed by atoms with E-state index in [9.17, 15) is 0 Å². The Hall–Kier alpha value is -0.800. The molecule has 2 nitrogen and oxygen atoms in total. The minimum atomic E-state index is 0.633. The summed E-state index contributed by atoms with van der Waals surface area (Å²) in [5.41, 5.74) is 2.23. The van der Waals surface area contributed by atoms with Crippen molar-refractivity contribution < 1.29 is 4.42 Å². The molecule has 2 rings (SSSR count). The van der Waals surface area contributed by atoms with Crippen LogP contribution in [0.3, 0.4) is 0 Å². The molecule has 1 aromatic heterocycles. The lowest BCUT2D eigenvalue weighted by Gasteiger charge is -2.00. The third-order valence-corrected chi connectivity index (χ3v) is 3.13. The smallest absolute Gasteiger partial charge is 0.194 e. The van der Waals surface area contributed by atoms with Crippen molar-refractivity contribution in [3.8, 4) is 11.3 Å². The van der Waals surface area contributed by atoms with Gasteiger partial charge in [0.25, 0.3) is 0 Å². The molecule has 1 heterocycles. The normalized spacial score (nSPS) is 10.8. The Kier molecular flexibility index (Phi) is 4.24. The van der Waals surface area contributed by atoms with Crippen molar-refractivity contribution in [3.05, 3.63) is 40.3 Å². The fraction of sp³-hybridized carbons (Fsp3) is 0.308. The highest BCUT2D eigenvalue weighted by Crippen LogP contribution is 2.25. The van der Waals surface area contributed by atoms with Crippen molar-refractivity contribution in [2.45, 2.75) is 19.8 Å². The van der Waals surface area contributed by atoms with E-state index in [0.29, 0.717) is 5.88 Å². The van der Waals surface area contributed by atoms with E-state index in [2.05, 4.69) is 40.0 Å². The van der Waals surface area contributed by atoms with Gasteiger partial charge in [0.05, 0.1) is 6.20 Å². The van der Waals surface area contributed by atoms with Crippen LogP contribution in [0.1, 0.15) is 17.9 Å². The zero-order valence-corrected chi connectivity index (χ0v) is 11.9. The number of alkyl halides is 1. The highest BCUT2D eigenvalue weighted by molar-refractivity contribution is 9.10. The Labute approximate surface area is 114 Å². The highest BCUT2D eigenvalue weighted by atomic mass is 79.9. The zero-order valence-electron chi connectivity index (χ0n) is 9.54. The van der Waals surface area contributed by atoms with Crippen molar-refractivity contribution in [1.82, 2.24) is 4.98 Å². The van der Waals surface area contributed by atoms with Crippen LogP contribution in [0, 0.1) is 6.92 Å². The molecule has 0 unspecified atom stereocenters. The van der Waals surface area contributed by atoms with Gasteiger partial charge in [0, 0.05) is 22.3 Å². The molecule has 0 radical (unpaired) electrons. The van der Waals surface area contributed by atoms with Gasteiger partial charge in [-0.25, -0.2) is 4.98 Å². The molecule has 0 atom stereocenters. The maximum Gasteiger partial charge on any atom is 0.194 e. The molecule has 0 aliphatic heterocycles. The molecular weight excluding hydrogens is 302 g/mol. The first-order valence-corrected chi connectivity index (χ1v) is 6.80. The number of hydrogen-bond acceptors (Lipinski definition) is 2. The molecule has 4 heteroatoms. The molecule has 17 heavy (non-hydrogen) atoms. The second kappa shape index (κ2) is 5.69. The lowest BCUT2D eigenvalue weighted by molar-refractivity contribution is 0.503. The SMILES string of the molecule is Cc1cc(Br)cc(-c2cnc(CCCCl)o2)c1. The number of halogens is 2. The first kappa shape index (κ1) is 12.7. The number of benzene rings is 1. The van der Waals surface area contributed by atoms with Gasteiger partial charge in [-0.05, 0) is 37.1 Å². The van der Waals surface area contributed by atoms with Crippen molar-refractivity contribution in [2.75, 3.05) is 5.88 Å². The monoisotopic (exact) mass is 313 g/mol. The van der Waals surface area contributed by atoms with Gasteiger partial charge in [0.2, 0.25) is 0 Å². The summed E-state index contributed by atoms with van der Waals surface area (Å²) in [6.45, 7) is 2.05. The van der Waals surface area contributed by atoms with Crippen LogP contribution in [0.4, 0.5) is 0 Å². The number of nitrogens with zero attached hydrogens (tertiary/aromatic N) is 1. The number of oxazole rings is 1. The van der Waals surface area contributed by atoms with E-state index in [1.54, 1.807) is 6.20 Å². The van der Waals surface area contributed by atoms with Crippen molar-refractivity contribution in [1.29, 1.82) is 0 Å². The molecule has 0 saturated heterocycles. The summed E-state index contributed by atoms with van der Waals surface area (Å²) in [7, 11) is 0. The molecule has 90 valence electrons. The van der Waals surface area contributed by atoms with E-state index < -0.39 is 0 Å². The van der Waals surface area contributed by atoms with Crippen LogP contribution in [0.25, 0.3) is 11.3 Å². The lowest BCUT2D eigenvalue weighted by atomic mass is 10.1. The van der Waals surface area contributed by atoms with Crippen LogP contribution < -0.4 is 0 Å². The summed E-state index contributed by atoms with van der Waals surface area (Å²) in [6.07, 6.45) is 3.44. The Morgan fingerprint density at radius 1 is 1.35 bits per heavy atom. The number of aryl methyl sites for hydroxylation is 2. The largest absolute Gasteiger partial charge is 0.441 e. The molecule has 2 aromatic rings. The fourth-order valence-corrected chi connectivity index (χ4v) is 2.40. The third kappa shape index (κ3) is 3.33. The Morgan fingerprint density at radius 3 is 2.88 bits per heavy atom. The molecule has 0 spiro atoms.